The Morgan fingerprint density at radius 1 is 1.63 bits per heavy atom. The molecule has 1 amide bonds. The molecule has 1 aromatic rings. The molecule has 0 radical (unpaired) electrons. The number of carbonyl (C=O) groups is 1. The summed E-state index contributed by atoms with van der Waals surface area (Å²) in [5.41, 5.74) is 1.17. The third kappa shape index (κ3) is 2.05. The summed E-state index contributed by atoms with van der Waals surface area (Å²) in [4.78, 5) is 15.4. The fourth-order valence-electron chi connectivity index (χ4n) is 3.39. The maximum atomic E-state index is 11.2. The Hall–Kier alpha value is -1.07. The summed E-state index contributed by atoms with van der Waals surface area (Å²) in [6, 6.07) is 2.28. The van der Waals surface area contributed by atoms with Gasteiger partial charge in [0.1, 0.15) is 5.60 Å². The molecule has 3 heterocycles. The van der Waals surface area contributed by atoms with Crippen LogP contribution in [0.15, 0.2) is 6.07 Å². The van der Waals surface area contributed by atoms with Gasteiger partial charge in [0.2, 0.25) is 0 Å². The molecule has 2 aliphatic rings. The Bertz CT molecular complexity index is 513. The Balaban J connectivity index is 1.92. The van der Waals surface area contributed by atoms with Crippen LogP contribution in [0.5, 0.6) is 0 Å². The van der Waals surface area contributed by atoms with Crippen LogP contribution >= 0.6 is 11.3 Å². The molecule has 0 aromatic carbocycles. The highest BCUT2D eigenvalue weighted by Gasteiger charge is 2.45. The average Bonchev–Trinajstić information content (AvgIpc) is 2.71. The largest absolute Gasteiger partial charge is 0.465 e. The molecule has 0 aliphatic carbocycles. The molecule has 1 spiro atoms. The molecule has 1 unspecified atom stereocenters. The van der Waals surface area contributed by atoms with E-state index >= 15 is 0 Å². The maximum Gasteiger partial charge on any atom is 0.407 e. The zero-order valence-corrected chi connectivity index (χ0v) is 12.1. The minimum Gasteiger partial charge on any atom is -0.465 e. The quantitative estimate of drug-likeness (QED) is 0.795. The van der Waals surface area contributed by atoms with Gasteiger partial charge in [0, 0.05) is 28.8 Å². The van der Waals surface area contributed by atoms with Crippen LogP contribution in [0.4, 0.5) is 4.79 Å². The van der Waals surface area contributed by atoms with E-state index < -0.39 is 6.09 Å². The van der Waals surface area contributed by atoms with Gasteiger partial charge in [0.15, 0.2) is 0 Å². The van der Waals surface area contributed by atoms with Crippen molar-refractivity contribution in [3.63, 3.8) is 0 Å². The van der Waals surface area contributed by atoms with Crippen molar-refractivity contribution in [3.05, 3.63) is 21.4 Å². The van der Waals surface area contributed by atoms with Crippen LogP contribution in [0, 0.1) is 6.92 Å². The average molecular weight is 281 g/mol. The van der Waals surface area contributed by atoms with Crippen molar-refractivity contribution >= 4 is 17.4 Å². The van der Waals surface area contributed by atoms with Crippen molar-refractivity contribution in [2.75, 3.05) is 13.2 Å². The zero-order valence-electron chi connectivity index (χ0n) is 11.3. The van der Waals surface area contributed by atoms with E-state index in [0.29, 0.717) is 6.54 Å². The van der Waals surface area contributed by atoms with Gasteiger partial charge in [0.25, 0.3) is 0 Å². The van der Waals surface area contributed by atoms with Gasteiger partial charge in [-0.25, -0.2) is 4.79 Å². The van der Waals surface area contributed by atoms with Gasteiger partial charge in [0.05, 0.1) is 6.61 Å². The lowest BCUT2D eigenvalue weighted by molar-refractivity contribution is -0.104. The fourth-order valence-corrected chi connectivity index (χ4v) is 4.64. The van der Waals surface area contributed by atoms with Crippen LogP contribution in [0.1, 0.15) is 35.1 Å². The molecule has 1 aromatic heterocycles. The first-order valence-electron chi connectivity index (χ1n) is 6.75. The lowest BCUT2D eigenvalue weighted by Gasteiger charge is -2.46. The molecular formula is C14H19NO3S. The number of ether oxygens (including phenoxy) is 1. The topological polar surface area (TPSA) is 49.8 Å². The summed E-state index contributed by atoms with van der Waals surface area (Å²) in [6.45, 7) is 5.43. The number of likely N-dealkylation sites (tertiary alicyclic amines) is 1. The van der Waals surface area contributed by atoms with Crippen LogP contribution in [0.2, 0.25) is 0 Å². The van der Waals surface area contributed by atoms with Crippen molar-refractivity contribution in [3.8, 4) is 0 Å². The highest BCUT2D eigenvalue weighted by atomic mass is 32.1. The van der Waals surface area contributed by atoms with Crippen molar-refractivity contribution in [2.24, 2.45) is 0 Å². The minimum absolute atomic E-state index is 0.0135. The highest BCUT2D eigenvalue weighted by Crippen LogP contribution is 2.46. The van der Waals surface area contributed by atoms with E-state index in [1.54, 1.807) is 0 Å². The summed E-state index contributed by atoms with van der Waals surface area (Å²) in [5, 5.41) is 9.18. The van der Waals surface area contributed by atoms with Crippen LogP contribution in [0.25, 0.3) is 0 Å². The molecular weight excluding hydrogens is 262 g/mol. The van der Waals surface area contributed by atoms with E-state index in [1.807, 2.05) is 18.3 Å². The normalized spacial score (nSPS) is 30.4. The number of aryl methyl sites for hydroxylation is 1. The Morgan fingerprint density at radius 2 is 2.42 bits per heavy atom. The van der Waals surface area contributed by atoms with E-state index in [-0.39, 0.29) is 11.6 Å². The molecule has 2 atom stereocenters. The first kappa shape index (κ1) is 12.9. The van der Waals surface area contributed by atoms with Gasteiger partial charge < -0.3 is 14.7 Å². The highest BCUT2D eigenvalue weighted by molar-refractivity contribution is 7.12. The predicted octanol–water partition coefficient (Wildman–Crippen LogP) is 2.99. The number of piperidine rings is 1. The predicted molar refractivity (Wildman–Crippen MR) is 73.8 cm³/mol. The molecule has 19 heavy (non-hydrogen) atoms. The molecule has 5 heteroatoms. The van der Waals surface area contributed by atoms with E-state index in [9.17, 15) is 9.90 Å². The first-order valence-corrected chi connectivity index (χ1v) is 7.57. The number of hydrogen-bond acceptors (Lipinski definition) is 3. The second kappa shape index (κ2) is 4.49. The van der Waals surface area contributed by atoms with E-state index in [2.05, 4.69) is 13.0 Å². The molecule has 0 bridgehead atoms. The number of amides is 1. The lowest BCUT2D eigenvalue weighted by atomic mass is 9.82. The molecule has 1 fully saturated rings. The van der Waals surface area contributed by atoms with Gasteiger partial charge in [-0.3, -0.25) is 0 Å². The number of nitrogens with zero attached hydrogens (tertiary/aromatic N) is 1. The number of carboxylic acid groups (broad SMARTS) is 1. The van der Waals surface area contributed by atoms with E-state index in [1.165, 1.54) is 20.2 Å². The van der Waals surface area contributed by atoms with Crippen LogP contribution in [0.3, 0.4) is 0 Å². The maximum absolute atomic E-state index is 11.2. The molecule has 1 N–H and O–H groups in total. The van der Waals surface area contributed by atoms with Crippen molar-refractivity contribution in [2.45, 2.75) is 44.8 Å². The number of rotatable bonds is 0. The van der Waals surface area contributed by atoms with Gasteiger partial charge in [-0.2, -0.15) is 0 Å². The molecule has 4 nitrogen and oxygen atoms in total. The van der Waals surface area contributed by atoms with Crippen molar-refractivity contribution in [1.82, 2.24) is 4.90 Å². The summed E-state index contributed by atoms with van der Waals surface area (Å²) >= 11 is 1.82. The van der Waals surface area contributed by atoms with Crippen LogP contribution in [-0.4, -0.2) is 35.3 Å². The third-order valence-corrected chi connectivity index (χ3v) is 5.53. The number of fused-ring (bicyclic) bond motifs is 2. The summed E-state index contributed by atoms with van der Waals surface area (Å²) in [6.07, 6.45) is 1.71. The first-order chi connectivity index (χ1) is 9.02. The third-order valence-electron chi connectivity index (χ3n) is 4.26. The standard InChI is InChI=1S/C14H19NO3S/c1-9-8-14(4-5-15(9)13(16)17)12-11(3-6-18-14)7-10(2)19-12/h7,9H,3-6,8H2,1-2H3,(H,16,17)/t9-,14?/m0/s1. The van der Waals surface area contributed by atoms with Crippen molar-refractivity contribution in [1.29, 1.82) is 0 Å². The van der Waals surface area contributed by atoms with E-state index in [4.69, 9.17) is 4.74 Å². The fraction of sp³-hybridized carbons (Fsp3) is 0.643. The Kier molecular flexibility index (Phi) is 3.06. The Morgan fingerprint density at radius 3 is 3.11 bits per heavy atom. The van der Waals surface area contributed by atoms with Gasteiger partial charge >= 0.3 is 6.09 Å². The zero-order chi connectivity index (χ0) is 13.6. The summed E-state index contributed by atoms with van der Waals surface area (Å²) in [5.74, 6) is 0. The number of thiophene rings is 1. The molecule has 1 saturated heterocycles. The van der Waals surface area contributed by atoms with Crippen molar-refractivity contribution < 1.29 is 14.6 Å². The minimum atomic E-state index is -0.819. The molecule has 3 rings (SSSR count). The SMILES string of the molecule is Cc1cc2c(s1)C1(CCN(C(=O)O)[C@@H](C)C1)OCC2. The van der Waals surface area contributed by atoms with Gasteiger partial charge in [-0.1, -0.05) is 0 Å². The molecule has 0 saturated carbocycles. The smallest absolute Gasteiger partial charge is 0.407 e. The molecule has 2 aliphatic heterocycles. The second-order valence-electron chi connectivity index (χ2n) is 5.58. The van der Waals surface area contributed by atoms with Gasteiger partial charge in [-0.05, 0) is 38.3 Å². The monoisotopic (exact) mass is 281 g/mol. The lowest BCUT2D eigenvalue weighted by Crippen LogP contribution is -2.51. The Labute approximate surface area is 117 Å². The number of hydrogen-bond donors (Lipinski definition) is 1. The summed E-state index contributed by atoms with van der Waals surface area (Å²) < 4.78 is 6.14. The van der Waals surface area contributed by atoms with Gasteiger partial charge in [-0.15, -0.1) is 11.3 Å². The summed E-state index contributed by atoms with van der Waals surface area (Å²) in [7, 11) is 0. The van der Waals surface area contributed by atoms with E-state index in [0.717, 1.165) is 25.9 Å². The van der Waals surface area contributed by atoms with Crippen LogP contribution < -0.4 is 0 Å². The molecule has 104 valence electrons. The van der Waals surface area contributed by atoms with Crippen LogP contribution in [-0.2, 0) is 16.8 Å². The second-order valence-corrected chi connectivity index (χ2v) is 6.84.